The van der Waals surface area contributed by atoms with E-state index in [1.54, 1.807) is 61.5 Å². The molecule has 0 unspecified atom stereocenters. The molecule has 0 atom stereocenters. The number of nitrogens with one attached hydrogen (secondary N) is 2. The number of para-hydroxylation sites is 2. The van der Waals surface area contributed by atoms with Crippen LogP contribution in [-0.4, -0.2) is 46.0 Å². The zero-order chi connectivity index (χ0) is 32.1. The average molecular weight is 626 g/mol. The summed E-state index contributed by atoms with van der Waals surface area (Å²) < 4.78 is 41.4. The molecule has 12 heteroatoms. The van der Waals surface area contributed by atoms with Crippen LogP contribution in [0.2, 0.25) is 0 Å². The third-order valence-corrected chi connectivity index (χ3v) is 8.09. The highest BCUT2D eigenvalue weighted by Crippen LogP contribution is 2.28. The number of hydrogen-bond donors (Lipinski definition) is 2. The van der Waals surface area contributed by atoms with Crippen LogP contribution in [-0.2, 0) is 24.4 Å². The first kappa shape index (κ1) is 30.7. The number of aryl methyl sites for hydroxylation is 1. The maximum atomic E-state index is 13.6. The second-order valence-electron chi connectivity index (χ2n) is 9.73. The Morgan fingerprint density at radius 1 is 0.844 bits per heavy atom. The van der Waals surface area contributed by atoms with E-state index in [0.717, 1.165) is 0 Å². The summed E-state index contributed by atoms with van der Waals surface area (Å²) in [6.45, 7) is 1.73. The topological polar surface area (TPSA) is 149 Å². The molecule has 0 spiro atoms. The summed E-state index contributed by atoms with van der Waals surface area (Å²) in [4.78, 5) is 38.4. The van der Waals surface area contributed by atoms with Crippen molar-refractivity contribution in [1.82, 2.24) is 0 Å². The molecule has 5 rings (SSSR count). The first-order chi connectivity index (χ1) is 21.6. The van der Waals surface area contributed by atoms with Crippen molar-refractivity contribution in [2.24, 2.45) is 5.10 Å². The zero-order valence-electron chi connectivity index (χ0n) is 24.4. The van der Waals surface area contributed by atoms with Crippen molar-refractivity contribution in [3.8, 4) is 11.5 Å². The molecule has 1 aliphatic rings. The Balaban J connectivity index is 1.41. The van der Waals surface area contributed by atoms with E-state index in [2.05, 4.69) is 20.6 Å². The normalized spacial score (nSPS) is 13.4. The number of methoxy groups -OCH3 is 2. The van der Waals surface area contributed by atoms with Gasteiger partial charge in [0.2, 0.25) is 5.78 Å². The molecule has 0 saturated heterocycles. The van der Waals surface area contributed by atoms with Crippen LogP contribution in [0.4, 0.5) is 11.4 Å². The van der Waals surface area contributed by atoms with Gasteiger partial charge in [-0.1, -0.05) is 42.5 Å². The van der Waals surface area contributed by atoms with Crippen LogP contribution < -0.4 is 19.7 Å². The van der Waals surface area contributed by atoms with Crippen LogP contribution >= 0.6 is 0 Å². The second-order valence-corrected chi connectivity index (χ2v) is 11.3. The molecular weight excluding hydrogens is 598 g/mol. The minimum Gasteiger partial charge on any atom is -0.495 e. The lowest BCUT2D eigenvalue weighted by atomic mass is 9.89. The molecule has 2 N–H and O–H groups in total. The van der Waals surface area contributed by atoms with E-state index in [9.17, 15) is 22.8 Å². The van der Waals surface area contributed by atoms with Crippen molar-refractivity contribution >= 4 is 50.9 Å². The summed E-state index contributed by atoms with van der Waals surface area (Å²) >= 11 is 0. The summed E-state index contributed by atoms with van der Waals surface area (Å²) in [6.07, 6.45) is 1.49. The first-order valence-corrected chi connectivity index (χ1v) is 14.9. The molecule has 0 bridgehead atoms. The number of Topliss-reactive ketones (excluding diaryl/α,β-unsaturated/α-hetero) is 1. The van der Waals surface area contributed by atoms with Crippen molar-refractivity contribution in [2.75, 3.05) is 25.0 Å². The maximum absolute atomic E-state index is 13.6. The maximum Gasteiger partial charge on any atom is 0.339 e. The Bertz CT molecular complexity index is 1980. The number of rotatable bonds is 9. The fraction of sp³-hybridized carbons (Fsp3) is 0.0909. The Hall–Kier alpha value is -5.75. The lowest BCUT2D eigenvalue weighted by Crippen LogP contribution is -2.30. The van der Waals surface area contributed by atoms with E-state index < -0.39 is 27.8 Å². The zero-order valence-corrected chi connectivity index (χ0v) is 25.2. The molecule has 1 amide bonds. The van der Waals surface area contributed by atoms with Crippen molar-refractivity contribution < 1.29 is 36.5 Å². The van der Waals surface area contributed by atoms with Crippen LogP contribution in [0.3, 0.4) is 0 Å². The molecule has 4 aromatic carbocycles. The summed E-state index contributed by atoms with van der Waals surface area (Å²) in [5.74, 6) is -1.42. The van der Waals surface area contributed by atoms with E-state index >= 15 is 0 Å². The van der Waals surface area contributed by atoms with E-state index in [1.165, 1.54) is 56.7 Å². The van der Waals surface area contributed by atoms with Gasteiger partial charge in [-0.05, 0) is 72.7 Å². The Kier molecular flexibility index (Phi) is 8.77. The molecule has 45 heavy (non-hydrogen) atoms. The van der Waals surface area contributed by atoms with Crippen LogP contribution in [0.5, 0.6) is 11.5 Å². The minimum atomic E-state index is -4.29. The molecule has 0 fully saturated rings. The number of carbonyl (C=O) groups excluding carboxylic acids is 3. The monoisotopic (exact) mass is 625 g/mol. The van der Waals surface area contributed by atoms with Gasteiger partial charge in [0.25, 0.3) is 5.91 Å². The minimum absolute atomic E-state index is 0.00638. The molecule has 0 aliphatic heterocycles. The smallest absolute Gasteiger partial charge is 0.339 e. The van der Waals surface area contributed by atoms with Crippen molar-refractivity contribution in [3.63, 3.8) is 0 Å². The third-order valence-electron chi connectivity index (χ3n) is 6.84. The molecular formula is C33H27N3O8S. The van der Waals surface area contributed by atoms with E-state index in [4.69, 9.17) is 8.92 Å². The van der Waals surface area contributed by atoms with Crippen molar-refractivity contribution in [2.45, 2.75) is 11.8 Å². The van der Waals surface area contributed by atoms with Gasteiger partial charge in [-0.3, -0.25) is 15.0 Å². The highest BCUT2D eigenvalue weighted by molar-refractivity contribution is 7.87. The summed E-state index contributed by atoms with van der Waals surface area (Å²) in [5.41, 5.74) is 5.26. The molecule has 0 saturated carbocycles. The van der Waals surface area contributed by atoms with E-state index in [1.807, 2.05) is 0 Å². The number of ether oxygens (including phenoxy) is 2. The number of fused-ring (bicyclic) bond motifs is 1. The molecule has 228 valence electrons. The average Bonchev–Trinajstić information content (AvgIpc) is 3.04. The van der Waals surface area contributed by atoms with Gasteiger partial charge in [0.1, 0.15) is 22.1 Å². The van der Waals surface area contributed by atoms with Crippen molar-refractivity contribution in [1.29, 1.82) is 0 Å². The highest BCUT2D eigenvalue weighted by atomic mass is 32.2. The number of ketones is 1. The highest BCUT2D eigenvalue weighted by Gasteiger charge is 2.30. The van der Waals surface area contributed by atoms with E-state index in [0.29, 0.717) is 28.1 Å². The SMILES string of the molecule is COC(=O)c1ccc(OS(=O)(=O)c2ccc(C)c(N/N=C3\C(=O)C(C(=O)Nc4ccccc4OC)=Cc4ccccc43)c2)cc1. The molecule has 0 radical (unpaired) electrons. The van der Waals surface area contributed by atoms with Gasteiger partial charge in [0.05, 0.1) is 36.7 Å². The summed E-state index contributed by atoms with van der Waals surface area (Å²) in [5, 5.41) is 7.06. The van der Waals surface area contributed by atoms with Gasteiger partial charge in [0, 0.05) is 5.56 Å². The Morgan fingerprint density at radius 3 is 2.29 bits per heavy atom. The largest absolute Gasteiger partial charge is 0.495 e. The molecule has 4 aromatic rings. The van der Waals surface area contributed by atoms with Crippen molar-refractivity contribution in [3.05, 3.63) is 119 Å². The number of esters is 1. The number of benzene rings is 4. The molecule has 11 nitrogen and oxygen atoms in total. The van der Waals surface area contributed by atoms with Crippen LogP contribution in [0, 0.1) is 6.92 Å². The molecule has 0 aromatic heterocycles. The lowest BCUT2D eigenvalue weighted by molar-refractivity contribution is -0.116. The predicted molar refractivity (Wildman–Crippen MR) is 168 cm³/mol. The second kappa shape index (κ2) is 12.9. The number of carbonyl (C=O) groups is 3. The Labute approximate surface area is 259 Å². The summed E-state index contributed by atoms with van der Waals surface area (Å²) in [7, 11) is -1.58. The lowest BCUT2D eigenvalue weighted by Gasteiger charge is -2.18. The van der Waals surface area contributed by atoms with Gasteiger partial charge < -0.3 is 19.0 Å². The number of anilines is 2. The molecule has 0 heterocycles. The fourth-order valence-electron chi connectivity index (χ4n) is 4.46. The standard InChI is InChI=1S/C33H27N3O8S/c1-20-12-17-24(45(40,41)44-23-15-13-21(14-16-23)33(39)43-3)19-28(20)35-36-30-25-9-5-4-8-22(25)18-26(31(30)37)32(38)34-27-10-6-7-11-29(27)42-2/h4-19,35H,1-3H3,(H,34,38)/b36-30-. The van der Waals surface area contributed by atoms with Gasteiger partial charge in [-0.15, -0.1) is 0 Å². The fourth-order valence-corrected chi connectivity index (χ4v) is 5.42. The number of hydrogen-bond acceptors (Lipinski definition) is 10. The van der Waals surface area contributed by atoms with Gasteiger partial charge in [0.15, 0.2) is 0 Å². The molecule has 1 aliphatic carbocycles. The number of amides is 1. The van der Waals surface area contributed by atoms with Crippen LogP contribution in [0.25, 0.3) is 6.08 Å². The Morgan fingerprint density at radius 2 is 1.56 bits per heavy atom. The number of hydrazone groups is 1. The predicted octanol–water partition coefficient (Wildman–Crippen LogP) is 4.98. The van der Waals surface area contributed by atoms with Gasteiger partial charge >= 0.3 is 16.1 Å². The van der Waals surface area contributed by atoms with Crippen LogP contribution in [0.15, 0.2) is 107 Å². The third kappa shape index (κ3) is 6.60. The van der Waals surface area contributed by atoms with E-state index in [-0.39, 0.29) is 33.2 Å². The van der Waals surface area contributed by atoms with Gasteiger partial charge in [-0.25, -0.2) is 4.79 Å². The quantitative estimate of drug-likeness (QED) is 0.114. The van der Waals surface area contributed by atoms with Crippen LogP contribution in [0.1, 0.15) is 27.0 Å². The van der Waals surface area contributed by atoms with Gasteiger partial charge in [-0.2, -0.15) is 13.5 Å². The first-order valence-electron chi connectivity index (χ1n) is 13.5. The number of nitrogens with zero attached hydrogens (tertiary/aromatic N) is 1. The summed E-state index contributed by atoms with van der Waals surface area (Å²) in [6, 6.07) is 23.5.